The van der Waals surface area contributed by atoms with Gasteiger partial charge in [0, 0.05) is 17.5 Å². The van der Waals surface area contributed by atoms with Crippen molar-refractivity contribution < 1.29 is 18.1 Å². The zero-order chi connectivity index (χ0) is 20.3. The van der Waals surface area contributed by atoms with Gasteiger partial charge in [0.1, 0.15) is 10.8 Å². The summed E-state index contributed by atoms with van der Waals surface area (Å²) in [4.78, 5) is 17.0. The summed E-state index contributed by atoms with van der Waals surface area (Å²) in [6.07, 6.45) is 1.62. The predicted molar refractivity (Wildman–Crippen MR) is 102 cm³/mol. The Morgan fingerprint density at radius 3 is 2.71 bits per heavy atom. The Hall–Kier alpha value is -2.74. The van der Waals surface area contributed by atoms with E-state index in [4.69, 9.17) is 4.52 Å². The second-order valence-electron chi connectivity index (χ2n) is 6.32. The fourth-order valence-corrected chi connectivity index (χ4v) is 3.81. The van der Waals surface area contributed by atoms with E-state index in [1.807, 2.05) is 13.8 Å². The van der Waals surface area contributed by atoms with Crippen LogP contribution in [0.1, 0.15) is 45.9 Å². The van der Waals surface area contributed by atoms with Crippen LogP contribution in [0.3, 0.4) is 0 Å². The topological polar surface area (TPSA) is 68.0 Å². The fraction of sp³-hybridized carbons (Fsp3) is 0.250. The molecule has 1 N–H and O–H groups in total. The molecule has 3 rings (SSSR count). The first-order valence-corrected chi connectivity index (χ1v) is 9.60. The molecule has 146 valence electrons. The summed E-state index contributed by atoms with van der Waals surface area (Å²) in [6, 6.07) is 6.43. The number of nitrogens with one attached hydrogen (secondary N) is 1. The van der Waals surface area contributed by atoms with Crippen LogP contribution in [0.15, 0.2) is 46.1 Å². The number of rotatable bonds is 6. The minimum Gasteiger partial charge on any atom is -0.361 e. The maximum atomic E-state index is 13.5. The molecule has 2 aromatic heterocycles. The van der Waals surface area contributed by atoms with Gasteiger partial charge in [-0.2, -0.15) is 0 Å². The number of thioether (sulfide) groups is 1. The molecule has 0 saturated carbocycles. The molecule has 0 fully saturated rings. The lowest BCUT2D eigenvalue weighted by molar-refractivity contribution is 0.0936. The molecular weight excluding hydrogens is 384 g/mol. The van der Waals surface area contributed by atoms with Gasteiger partial charge in [0.15, 0.2) is 11.6 Å². The Kier molecular flexibility index (Phi) is 6.08. The first kappa shape index (κ1) is 20.0. The number of aromatic nitrogens is 2. The number of pyridine rings is 1. The van der Waals surface area contributed by atoms with E-state index in [9.17, 15) is 13.6 Å². The number of hydrogen-bond donors (Lipinski definition) is 1. The highest BCUT2D eigenvalue weighted by Gasteiger charge is 2.18. The molecule has 0 bridgehead atoms. The molecule has 3 aromatic rings. The van der Waals surface area contributed by atoms with Crippen molar-refractivity contribution in [1.82, 2.24) is 15.5 Å². The number of benzene rings is 1. The minimum atomic E-state index is -0.948. The van der Waals surface area contributed by atoms with Crippen LogP contribution >= 0.6 is 11.8 Å². The third-order valence-electron chi connectivity index (χ3n) is 4.34. The quantitative estimate of drug-likeness (QED) is 0.602. The summed E-state index contributed by atoms with van der Waals surface area (Å²) < 4.78 is 31.7. The number of hydrogen-bond acceptors (Lipinski definition) is 5. The summed E-state index contributed by atoms with van der Waals surface area (Å²) in [5.41, 5.74) is 2.66. The van der Waals surface area contributed by atoms with Gasteiger partial charge in [-0.3, -0.25) is 4.79 Å². The van der Waals surface area contributed by atoms with Crippen LogP contribution in [0, 0.1) is 25.5 Å². The molecule has 1 aromatic carbocycles. The molecule has 0 aliphatic heterocycles. The third-order valence-corrected chi connectivity index (χ3v) is 5.37. The van der Waals surface area contributed by atoms with E-state index in [2.05, 4.69) is 15.5 Å². The lowest BCUT2D eigenvalue weighted by Crippen LogP contribution is -2.27. The molecule has 0 saturated heterocycles. The average molecular weight is 403 g/mol. The van der Waals surface area contributed by atoms with Crippen LogP contribution in [0.5, 0.6) is 0 Å². The number of carbonyl (C=O) groups is 1. The number of halogens is 2. The highest BCUT2D eigenvalue weighted by atomic mass is 32.2. The van der Waals surface area contributed by atoms with Gasteiger partial charge in [-0.05, 0) is 50.6 Å². The molecule has 8 heteroatoms. The van der Waals surface area contributed by atoms with Gasteiger partial charge < -0.3 is 9.84 Å². The predicted octanol–water partition coefficient (Wildman–Crippen LogP) is 4.75. The molecule has 1 atom stereocenters. The molecular formula is C20H19F2N3O2S. The molecule has 0 radical (unpaired) electrons. The highest BCUT2D eigenvalue weighted by Crippen LogP contribution is 2.27. The normalized spacial score (nSPS) is 12.0. The Morgan fingerprint density at radius 1 is 1.25 bits per heavy atom. The first-order chi connectivity index (χ1) is 13.4. The van der Waals surface area contributed by atoms with Gasteiger partial charge in [0.2, 0.25) is 0 Å². The first-order valence-electron chi connectivity index (χ1n) is 8.62. The monoisotopic (exact) mass is 403 g/mol. The fourth-order valence-electron chi connectivity index (χ4n) is 2.67. The second-order valence-corrected chi connectivity index (χ2v) is 7.28. The minimum absolute atomic E-state index is 0.341. The highest BCUT2D eigenvalue weighted by molar-refractivity contribution is 7.98. The van der Waals surface area contributed by atoms with Crippen molar-refractivity contribution >= 4 is 17.7 Å². The maximum absolute atomic E-state index is 13.5. The van der Waals surface area contributed by atoms with E-state index in [-0.39, 0.29) is 5.91 Å². The van der Waals surface area contributed by atoms with Gasteiger partial charge in [-0.25, -0.2) is 13.8 Å². The number of carbonyl (C=O) groups excluding carboxylic acids is 1. The molecule has 2 heterocycles. The van der Waals surface area contributed by atoms with Crippen LogP contribution in [0.2, 0.25) is 0 Å². The van der Waals surface area contributed by atoms with E-state index >= 15 is 0 Å². The lowest BCUT2D eigenvalue weighted by atomic mass is 10.1. The SMILES string of the molecule is Cc1noc(C)c1CSc1ncccc1C(=O)NC(C)c1ccc(F)c(F)c1. The maximum Gasteiger partial charge on any atom is 0.254 e. The molecule has 0 spiro atoms. The molecule has 1 amide bonds. The lowest BCUT2D eigenvalue weighted by Gasteiger charge is -2.16. The Bertz CT molecular complexity index is 987. The Balaban J connectivity index is 1.74. The average Bonchev–Trinajstić information content (AvgIpc) is 3.00. The smallest absolute Gasteiger partial charge is 0.254 e. The van der Waals surface area contributed by atoms with Gasteiger partial charge in [0.25, 0.3) is 5.91 Å². The van der Waals surface area contributed by atoms with Crippen molar-refractivity contribution in [3.63, 3.8) is 0 Å². The molecule has 1 unspecified atom stereocenters. The van der Waals surface area contributed by atoms with E-state index < -0.39 is 17.7 Å². The van der Waals surface area contributed by atoms with Crippen LogP contribution in [0.25, 0.3) is 0 Å². The molecule has 0 aliphatic rings. The zero-order valence-electron chi connectivity index (χ0n) is 15.6. The van der Waals surface area contributed by atoms with Crippen molar-refractivity contribution in [2.45, 2.75) is 37.6 Å². The van der Waals surface area contributed by atoms with Crippen LogP contribution in [0.4, 0.5) is 8.78 Å². The van der Waals surface area contributed by atoms with Crippen molar-refractivity contribution in [3.8, 4) is 0 Å². The van der Waals surface area contributed by atoms with Crippen molar-refractivity contribution in [2.75, 3.05) is 0 Å². The van der Waals surface area contributed by atoms with Gasteiger partial charge in [-0.15, -0.1) is 11.8 Å². The van der Waals surface area contributed by atoms with E-state index in [0.29, 0.717) is 21.9 Å². The van der Waals surface area contributed by atoms with Crippen molar-refractivity contribution in [2.24, 2.45) is 0 Å². The molecule has 28 heavy (non-hydrogen) atoms. The van der Waals surface area contributed by atoms with Gasteiger partial charge in [-0.1, -0.05) is 11.2 Å². The van der Waals surface area contributed by atoms with Crippen LogP contribution in [-0.4, -0.2) is 16.0 Å². The molecule has 5 nitrogen and oxygen atoms in total. The summed E-state index contributed by atoms with van der Waals surface area (Å²) in [6.45, 7) is 5.41. The van der Waals surface area contributed by atoms with Gasteiger partial charge in [0.05, 0.1) is 17.3 Å². The molecule has 0 aliphatic carbocycles. The van der Waals surface area contributed by atoms with Crippen LogP contribution in [-0.2, 0) is 5.75 Å². The standard InChI is InChI=1S/C20H19F2N3O2S/c1-11(14-6-7-17(21)18(22)9-14)24-19(26)15-5-4-8-23-20(15)28-10-16-12(2)25-27-13(16)3/h4-9,11H,10H2,1-3H3,(H,24,26). The largest absolute Gasteiger partial charge is 0.361 e. The summed E-state index contributed by atoms with van der Waals surface area (Å²) in [5, 5.41) is 7.30. The number of amides is 1. The van der Waals surface area contributed by atoms with Crippen molar-refractivity contribution in [3.05, 3.63) is 76.3 Å². The third kappa shape index (κ3) is 4.39. The van der Waals surface area contributed by atoms with Crippen molar-refractivity contribution in [1.29, 1.82) is 0 Å². The summed E-state index contributed by atoms with van der Waals surface area (Å²) in [5.74, 6) is -0.911. The van der Waals surface area contributed by atoms with Gasteiger partial charge >= 0.3 is 0 Å². The second kappa shape index (κ2) is 8.52. The Morgan fingerprint density at radius 2 is 2.04 bits per heavy atom. The van der Waals surface area contributed by atoms with E-state index in [0.717, 1.165) is 29.2 Å². The zero-order valence-corrected chi connectivity index (χ0v) is 16.4. The number of aryl methyl sites for hydroxylation is 2. The van der Waals surface area contributed by atoms with E-state index in [1.165, 1.54) is 17.8 Å². The summed E-state index contributed by atoms with van der Waals surface area (Å²) >= 11 is 1.41. The van der Waals surface area contributed by atoms with Crippen LogP contribution < -0.4 is 5.32 Å². The Labute approximate surface area is 165 Å². The summed E-state index contributed by atoms with van der Waals surface area (Å²) in [7, 11) is 0. The number of nitrogens with zero attached hydrogens (tertiary/aromatic N) is 2. The van der Waals surface area contributed by atoms with E-state index in [1.54, 1.807) is 25.3 Å².